The third kappa shape index (κ3) is 40.7. The van der Waals surface area contributed by atoms with Crippen LogP contribution in [0.5, 0.6) is 0 Å². The smallest absolute Gasteiger partial charge is 0.457 e. The van der Waals surface area contributed by atoms with Crippen LogP contribution in [0.3, 0.4) is 0 Å². The van der Waals surface area contributed by atoms with E-state index in [4.69, 9.17) is 18.5 Å². The maximum absolute atomic E-state index is 12.7. The fraction of sp³-hybridized carbons (Fsp3) is 0.977. The molecule has 2 atom stereocenters. The molecule has 0 aliphatic heterocycles. The molecule has 9 heteroatoms. The lowest BCUT2D eigenvalue weighted by molar-refractivity contribution is -0.870. The molecular formula is C43H89NO7P+. The zero-order chi connectivity index (χ0) is 38.4. The van der Waals surface area contributed by atoms with Crippen LogP contribution in [-0.4, -0.2) is 75.6 Å². The molecule has 8 nitrogen and oxygen atoms in total. The van der Waals surface area contributed by atoms with Crippen molar-refractivity contribution in [1.29, 1.82) is 0 Å². The predicted molar refractivity (Wildman–Crippen MR) is 220 cm³/mol. The normalized spacial score (nSPS) is 13.7. The number of hydrogen-bond donors (Lipinski definition) is 1. The van der Waals surface area contributed by atoms with Gasteiger partial charge >= 0.3 is 13.8 Å². The second-order valence-corrected chi connectivity index (χ2v) is 17.9. The fourth-order valence-corrected chi connectivity index (χ4v) is 7.18. The van der Waals surface area contributed by atoms with Crippen molar-refractivity contribution >= 4 is 13.8 Å². The van der Waals surface area contributed by atoms with Crippen LogP contribution < -0.4 is 0 Å². The van der Waals surface area contributed by atoms with Gasteiger partial charge in [-0.2, -0.15) is 0 Å². The van der Waals surface area contributed by atoms with Crippen molar-refractivity contribution in [2.75, 3.05) is 54.1 Å². The van der Waals surface area contributed by atoms with Gasteiger partial charge in [0.2, 0.25) is 0 Å². The van der Waals surface area contributed by atoms with Crippen molar-refractivity contribution in [3.8, 4) is 0 Å². The molecule has 0 heterocycles. The van der Waals surface area contributed by atoms with Crippen LogP contribution in [0.15, 0.2) is 0 Å². The molecule has 0 aromatic carbocycles. The number of carbonyl (C=O) groups is 1. The van der Waals surface area contributed by atoms with Crippen LogP contribution in [0, 0.1) is 0 Å². The Balaban J connectivity index is 4.01. The summed E-state index contributed by atoms with van der Waals surface area (Å²) >= 11 is 0. The van der Waals surface area contributed by atoms with Gasteiger partial charge in [0.05, 0.1) is 34.4 Å². The minimum atomic E-state index is -4.26. The second-order valence-electron chi connectivity index (χ2n) is 16.4. The molecule has 0 radical (unpaired) electrons. The van der Waals surface area contributed by atoms with Gasteiger partial charge in [-0.1, -0.05) is 194 Å². The Morgan fingerprint density at radius 2 is 0.885 bits per heavy atom. The average molecular weight is 763 g/mol. The Morgan fingerprint density at radius 1 is 0.519 bits per heavy atom. The number of phosphoric acid groups is 1. The summed E-state index contributed by atoms with van der Waals surface area (Å²) in [6.45, 7) is 5.65. The summed E-state index contributed by atoms with van der Waals surface area (Å²) in [7, 11) is 1.68. The lowest BCUT2D eigenvalue weighted by Gasteiger charge is -2.24. The quantitative estimate of drug-likeness (QED) is 0.0286. The average Bonchev–Trinajstić information content (AvgIpc) is 3.09. The number of nitrogens with zero attached hydrogens (tertiary/aromatic N) is 1. The third-order valence-corrected chi connectivity index (χ3v) is 10.9. The van der Waals surface area contributed by atoms with E-state index in [1.165, 1.54) is 161 Å². The maximum Gasteiger partial charge on any atom is 0.472 e. The predicted octanol–water partition coefficient (Wildman–Crippen LogP) is 12.9. The molecule has 2 unspecified atom stereocenters. The van der Waals surface area contributed by atoms with Crippen LogP contribution >= 0.6 is 7.82 Å². The molecule has 0 bridgehead atoms. The summed E-state index contributed by atoms with van der Waals surface area (Å²) in [4.78, 5) is 22.8. The van der Waals surface area contributed by atoms with E-state index < -0.39 is 13.9 Å². The van der Waals surface area contributed by atoms with Gasteiger partial charge in [0.1, 0.15) is 19.3 Å². The molecule has 52 heavy (non-hydrogen) atoms. The summed E-state index contributed by atoms with van der Waals surface area (Å²) in [6.07, 6.45) is 38.6. The number of likely N-dealkylation sites (N-methyl/N-ethyl adjacent to an activating group) is 1. The molecule has 0 amide bonds. The van der Waals surface area contributed by atoms with Crippen LogP contribution in [-0.2, 0) is 27.9 Å². The molecule has 0 saturated heterocycles. The van der Waals surface area contributed by atoms with E-state index in [0.717, 1.165) is 32.1 Å². The molecule has 0 aliphatic carbocycles. The molecule has 0 fully saturated rings. The topological polar surface area (TPSA) is 91.3 Å². The first-order valence-electron chi connectivity index (χ1n) is 22.3. The van der Waals surface area contributed by atoms with E-state index in [1.54, 1.807) is 0 Å². The van der Waals surface area contributed by atoms with Gasteiger partial charge in [-0.25, -0.2) is 4.57 Å². The van der Waals surface area contributed by atoms with Gasteiger partial charge in [-0.05, 0) is 12.8 Å². The van der Waals surface area contributed by atoms with Gasteiger partial charge in [0.25, 0.3) is 0 Å². The molecule has 1 N–H and O–H groups in total. The first-order valence-corrected chi connectivity index (χ1v) is 23.8. The molecule has 0 aliphatic rings. The minimum absolute atomic E-state index is 0.0934. The highest BCUT2D eigenvalue weighted by Crippen LogP contribution is 2.43. The first kappa shape index (κ1) is 51.5. The summed E-state index contributed by atoms with van der Waals surface area (Å²) < 4.78 is 34.9. The van der Waals surface area contributed by atoms with Crippen LogP contribution in [0.1, 0.15) is 213 Å². The molecule has 0 aromatic heterocycles. The van der Waals surface area contributed by atoms with Crippen LogP contribution in [0.4, 0.5) is 0 Å². The van der Waals surface area contributed by atoms with Crippen molar-refractivity contribution in [2.45, 2.75) is 219 Å². The molecular weight excluding hydrogens is 673 g/mol. The SMILES string of the molecule is CCCCCCCCCCCCCCCCCCCCCCCCC(=O)OC(COCCCCCCCCCC)COP(=O)(O)OCC[N+](C)(C)C. The van der Waals surface area contributed by atoms with E-state index in [1.807, 2.05) is 21.1 Å². The van der Waals surface area contributed by atoms with E-state index >= 15 is 0 Å². The Hall–Kier alpha value is -0.500. The number of rotatable bonds is 42. The largest absolute Gasteiger partial charge is 0.472 e. The molecule has 0 saturated carbocycles. The van der Waals surface area contributed by atoms with Crippen molar-refractivity contribution in [3.63, 3.8) is 0 Å². The summed E-state index contributed by atoms with van der Waals surface area (Å²) in [5.74, 6) is -0.309. The van der Waals surface area contributed by atoms with E-state index in [9.17, 15) is 14.3 Å². The van der Waals surface area contributed by atoms with Crippen molar-refractivity contribution in [1.82, 2.24) is 0 Å². The van der Waals surface area contributed by atoms with E-state index in [-0.39, 0.29) is 25.8 Å². The zero-order valence-corrected chi connectivity index (χ0v) is 36.2. The Labute approximate surface area is 323 Å². The maximum atomic E-state index is 12.7. The number of ether oxygens (including phenoxy) is 2. The number of carbonyl (C=O) groups excluding carboxylic acids is 1. The van der Waals surface area contributed by atoms with Crippen LogP contribution in [0.25, 0.3) is 0 Å². The number of phosphoric ester groups is 1. The standard InChI is InChI=1S/C43H88NO7P/c1-6-8-10-12-14-16-17-18-19-20-21-22-23-24-25-26-27-28-29-30-32-34-36-43(45)51-42(40-48-38-35-33-31-15-13-11-9-7-2)41-50-52(46,47)49-39-37-44(3,4)5/h42H,6-41H2,1-5H3/p+1. The minimum Gasteiger partial charge on any atom is -0.457 e. The number of esters is 1. The van der Waals surface area contributed by atoms with Gasteiger partial charge in [0.15, 0.2) is 0 Å². The third-order valence-electron chi connectivity index (χ3n) is 9.92. The summed E-state index contributed by atoms with van der Waals surface area (Å²) in [5, 5.41) is 0. The highest BCUT2D eigenvalue weighted by Gasteiger charge is 2.26. The first-order chi connectivity index (χ1) is 25.1. The lowest BCUT2D eigenvalue weighted by atomic mass is 10.0. The molecule has 0 spiro atoms. The van der Waals surface area contributed by atoms with Crippen molar-refractivity contribution in [2.24, 2.45) is 0 Å². The Bertz CT molecular complexity index is 807. The molecule has 0 aromatic rings. The number of quaternary nitrogens is 1. The molecule has 312 valence electrons. The Morgan fingerprint density at radius 3 is 1.27 bits per heavy atom. The number of unbranched alkanes of at least 4 members (excludes halogenated alkanes) is 28. The van der Waals surface area contributed by atoms with Gasteiger partial charge in [-0.15, -0.1) is 0 Å². The lowest BCUT2D eigenvalue weighted by Crippen LogP contribution is -2.37. The summed E-state index contributed by atoms with van der Waals surface area (Å²) in [6, 6.07) is 0. The Kier molecular flexibility index (Phi) is 37.1. The van der Waals surface area contributed by atoms with Crippen molar-refractivity contribution < 1.29 is 37.3 Å². The fourth-order valence-electron chi connectivity index (χ4n) is 6.44. The van der Waals surface area contributed by atoms with Crippen LogP contribution in [0.2, 0.25) is 0 Å². The molecule has 0 rings (SSSR count). The monoisotopic (exact) mass is 763 g/mol. The van der Waals surface area contributed by atoms with E-state index in [0.29, 0.717) is 24.1 Å². The second kappa shape index (κ2) is 37.4. The van der Waals surface area contributed by atoms with Crippen molar-refractivity contribution in [3.05, 3.63) is 0 Å². The zero-order valence-electron chi connectivity index (χ0n) is 35.3. The van der Waals surface area contributed by atoms with Gasteiger partial charge in [0, 0.05) is 13.0 Å². The number of hydrogen-bond acceptors (Lipinski definition) is 6. The summed E-state index contributed by atoms with van der Waals surface area (Å²) in [5.41, 5.74) is 0. The van der Waals surface area contributed by atoms with Gasteiger partial charge in [-0.3, -0.25) is 13.8 Å². The highest BCUT2D eigenvalue weighted by molar-refractivity contribution is 7.47. The highest BCUT2D eigenvalue weighted by atomic mass is 31.2. The van der Waals surface area contributed by atoms with E-state index in [2.05, 4.69) is 13.8 Å². The van der Waals surface area contributed by atoms with Gasteiger partial charge < -0.3 is 18.9 Å².